The summed E-state index contributed by atoms with van der Waals surface area (Å²) in [6, 6.07) is 4.74. The third-order valence-electron chi connectivity index (χ3n) is 2.90. The fraction of sp³-hybridized carbons (Fsp3) is 0.467. The Morgan fingerprint density at radius 2 is 1.95 bits per heavy atom. The van der Waals surface area contributed by atoms with E-state index in [1.807, 2.05) is 20.8 Å². The number of carboxylic acid groups (broad SMARTS) is 1. The van der Waals surface area contributed by atoms with Gasteiger partial charge in [-0.3, -0.25) is 4.79 Å². The van der Waals surface area contributed by atoms with Gasteiger partial charge in [0, 0.05) is 12.0 Å². The maximum Gasteiger partial charge on any atom is 0.335 e. The SMILES string of the molecule is COc1cc(C(=O)O)ccc1CCNC(=O)C(C)(C)C. The number of amides is 1. The van der Waals surface area contributed by atoms with Gasteiger partial charge < -0.3 is 15.2 Å². The highest BCUT2D eigenvalue weighted by Gasteiger charge is 2.20. The van der Waals surface area contributed by atoms with E-state index in [4.69, 9.17) is 9.84 Å². The second kappa shape index (κ2) is 6.41. The van der Waals surface area contributed by atoms with Crippen molar-refractivity contribution in [3.8, 4) is 5.75 Å². The standard InChI is InChI=1S/C15H21NO4/c1-15(2,3)14(19)16-8-7-10-5-6-11(13(17)18)9-12(10)20-4/h5-6,9H,7-8H2,1-4H3,(H,16,19)(H,17,18). The molecule has 0 aromatic heterocycles. The zero-order valence-electron chi connectivity index (χ0n) is 12.3. The predicted molar refractivity (Wildman–Crippen MR) is 76.1 cm³/mol. The second-order valence-electron chi connectivity index (χ2n) is 5.59. The number of methoxy groups -OCH3 is 1. The summed E-state index contributed by atoms with van der Waals surface area (Å²) in [5, 5.41) is 11.8. The van der Waals surface area contributed by atoms with Crippen LogP contribution in [0.5, 0.6) is 5.75 Å². The Labute approximate surface area is 118 Å². The van der Waals surface area contributed by atoms with E-state index < -0.39 is 11.4 Å². The molecule has 0 fully saturated rings. The number of aromatic carboxylic acids is 1. The summed E-state index contributed by atoms with van der Waals surface area (Å²) in [6.45, 7) is 6.04. The average Bonchev–Trinajstić information content (AvgIpc) is 2.37. The lowest BCUT2D eigenvalue weighted by molar-refractivity contribution is -0.128. The Bertz CT molecular complexity index is 503. The zero-order chi connectivity index (χ0) is 15.3. The summed E-state index contributed by atoms with van der Waals surface area (Å²) in [6.07, 6.45) is 0.588. The molecular formula is C15H21NO4. The van der Waals surface area contributed by atoms with Gasteiger partial charge in [-0.1, -0.05) is 26.8 Å². The molecule has 1 rings (SSSR count). The van der Waals surface area contributed by atoms with Crippen LogP contribution in [0.25, 0.3) is 0 Å². The Morgan fingerprint density at radius 3 is 2.45 bits per heavy atom. The van der Waals surface area contributed by atoms with Gasteiger partial charge in [0.2, 0.25) is 5.91 Å². The van der Waals surface area contributed by atoms with E-state index >= 15 is 0 Å². The minimum absolute atomic E-state index is 0.0152. The lowest BCUT2D eigenvalue weighted by Gasteiger charge is -2.18. The molecule has 0 radical (unpaired) electrons. The van der Waals surface area contributed by atoms with Crippen molar-refractivity contribution in [3.05, 3.63) is 29.3 Å². The molecule has 0 aliphatic heterocycles. The number of ether oxygens (including phenoxy) is 1. The van der Waals surface area contributed by atoms with E-state index in [1.165, 1.54) is 19.2 Å². The molecule has 0 spiro atoms. The van der Waals surface area contributed by atoms with Gasteiger partial charge in [0.25, 0.3) is 0 Å². The summed E-state index contributed by atoms with van der Waals surface area (Å²) < 4.78 is 5.18. The maximum absolute atomic E-state index is 11.7. The van der Waals surface area contributed by atoms with Crippen LogP contribution in [0.3, 0.4) is 0 Å². The molecule has 1 aromatic carbocycles. The summed E-state index contributed by atoms with van der Waals surface area (Å²) in [5.74, 6) is -0.482. The predicted octanol–water partition coefficient (Wildman–Crippen LogP) is 2.10. The third-order valence-corrected chi connectivity index (χ3v) is 2.90. The van der Waals surface area contributed by atoms with Gasteiger partial charge in [0.05, 0.1) is 12.7 Å². The molecule has 0 atom stereocenters. The molecule has 20 heavy (non-hydrogen) atoms. The summed E-state index contributed by atoms with van der Waals surface area (Å²) in [4.78, 5) is 22.6. The molecule has 110 valence electrons. The number of benzene rings is 1. The molecule has 1 amide bonds. The molecule has 0 aliphatic rings. The van der Waals surface area contributed by atoms with Crippen molar-refractivity contribution < 1.29 is 19.4 Å². The number of carboxylic acids is 1. The van der Waals surface area contributed by atoms with Gasteiger partial charge in [-0.15, -0.1) is 0 Å². The smallest absolute Gasteiger partial charge is 0.335 e. The van der Waals surface area contributed by atoms with Crippen molar-refractivity contribution >= 4 is 11.9 Å². The van der Waals surface area contributed by atoms with Crippen molar-refractivity contribution in [2.24, 2.45) is 5.41 Å². The van der Waals surface area contributed by atoms with Gasteiger partial charge in [0.1, 0.15) is 5.75 Å². The van der Waals surface area contributed by atoms with E-state index in [0.29, 0.717) is 18.7 Å². The first kappa shape index (κ1) is 16.0. The van der Waals surface area contributed by atoms with Crippen LogP contribution in [-0.4, -0.2) is 30.6 Å². The Kier molecular flexibility index (Phi) is 5.13. The molecule has 5 nitrogen and oxygen atoms in total. The van der Waals surface area contributed by atoms with E-state index in [1.54, 1.807) is 6.07 Å². The first-order valence-electron chi connectivity index (χ1n) is 6.44. The van der Waals surface area contributed by atoms with E-state index in [0.717, 1.165) is 5.56 Å². The third kappa shape index (κ3) is 4.26. The molecule has 0 heterocycles. The molecular weight excluding hydrogens is 258 g/mol. The van der Waals surface area contributed by atoms with Crippen LogP contribution in [0, 0.1) is 5.41 Å². The first-order chi connectivity index (χ1) is 9.25. The summed E-state index contributed by atoms with van der Waals surface area (Å²) in [7, 11) is 1.50. The van der Waals surface area contributed by atoms with Crippen LogP contribution < -0.4 is 10.1 Å². The largest absolute Gasteiger partial charge is 0.496 e. The van der Waals surface area contributed by atoms with Crippen LogP contribution >= 0.6 is 0 Å². The average molecular weight is 279 g/mol. The van der Waals surface area contributed by atoms with Gasteiger partial charge in [-0.05, 0) is 24.1 Å². The number of hydrogen-bond acceptors (Lipinski definition) is 3. The van der Waals surface area contributed by atoms with Crippen molar-refractivity contribution in [1.29, 1.82) is 0 Å². The Morgan fingerprint density at radius 1 is 1.30 bits per heavy atom. The molecule has 0 saturated heterocycles. The quantitative estimate of drug-likeness (QED) is 0.865. The monoisotopic (exact) mass is 279 g/mol. The Hall–Kier alpha value is -2.04. The fourth-order valence-electron chi connectivity index (χ4n) is 1.66. The van der Waals surface area contributed by atoms with Crippen molar-refractivity contribution in [2.75, 3.05) is 13.7 Å². The van der Waals surface area contributed by atoms with E-state index in [9.17, 15) is 9.59 Å². The highest BCUT2D eigenvalue weighted by molar-refractivity contribution is 5.88. The van der Waals surface area contributed by atoms with Crippen LogP contribution in [0.2, 0.25) is 0 Å². The van der Waals surface area contributed by atoms with Crippen LogP contribution in [0.4, 0.5) is 0 Å². The molecule has 0 saturated carbocycles. The molecule has 5 heteroatoms. The minimum Gasteiger partial charge on any atom is -0.496 e. The number of carbonyl (C=O) groups excluding carboxylic acids is 1. The summed E-state index contributed by atoms with van der Waals surface area (Å²) in [5.41, 5.74) is 0.632. The zero-order valence-corrected chi connectivity index (χ0v) is 12.3. The topological polar surface area (TPSA) is 75.6 Å². The van der Waals surface area contributed by atoms with Crippen LogP contribution in [0.15, 0.2) is 18.2 Å². The van der Waals surface area contributed by atoms with Crippen LogP contribution in [0.1, 0.15) is 36.7 Å². The highest BCUT2D eigenvalue weighted by atomic mass is 16.5. The van der Waals surface area contributed by atoms with Gasteiger partial charge >= 0.3 is 5.97 Å². The lowest BCUT2D eigenvalue weighted by atomic mass is 9.95. The van der Waals surface area contributed by atoms with Crippen molar-refractivity contribution in [1.82, 2.24) is 5.32 Å². The molecule has 0 aliphatic carbocycles. The summed E-state index contributed by atoms with van der Waals surface area (Å²) >= 11 is 0. The molecule has 0 unspecified atom stereocenters. The van der Waals surface area contributed by atoms with Crippen molar-refractivity contribution in [3.63, 3.8) is 0 Å². The van der Waals surface area contributed by atoms with Crippen LogP contribution in [-0.2, 0) is 11.2 Å². The second-order valence-corrected chi connectivity index (χ2v) is 5.59. The van der Waals surface area contributed by atoms with Gasteiger partial charge in [-0.25, -0.2) is 4.79 Å². The molecule has 0 bridgehead atoms. The number of hydrogen-bond donors (Lipinski definition) is 2. The highest BCUT2D eigenvalue weighted by Crippen LogP contribution is 2.21. The number of carbonyl (C=O) groups is 2. The Balaban J connectivity index is 2.69. The van der Waals surface area contributed by atoms with E-state index in [-0.39, 0.29) is 11.5 Å². The lowest BCUT2D eigenvalue weighted by Crippen LogP contribution is -2.35. The van der Waals surface area contributed by atoms with E-state index in [2.05, 4.69) is 5.32 Å². The molecule has 2 N–H and O–H groups in total. The minimum atomic E-state index is -0.990. The number of rotatable bonds is 5. The molecule has 1 aromatic rings. The number of nitrogens with one attached hydrogen (secondary N) is 1. The normalized spacial score (nSPS) is 11.0. The first-order valence-corrected chi connectivity index (χ1v) is 6.44. The van der Waals surface area contributed by atoms with Crippen molar-refractivity contribution in [2.45, 2.75) is 27.2 Å². The van der Waals surface area contributed by atoms with Gasteiger partial charge in [-0.2, -0.15) is 0 Å². The fourth-order valence-corrected chi connectivity index (χ4v) is 1.66. The maximum atomic E-state index is 11.7. The van der Waals surface area contributed by atoms with Gasteiger partial charge in [0.15, 0.2) is 0 Å².